The Kier molecular flexibility index (Phi) is 4.83. The van der Waals surface area contributed by atoms with E-state index in [0.29, 0.717) is 25.8 Å². The molecule has 0 unspecified atom stereocenters. The van der Waals surface area contributed by atoms with E-state index in [2.05, 4.69) is 14.9 Å². The molecule has 2 N–H and O–H groups in total. The number of carboxylic acid groups (broad SMARTS) is 1. The Morgan fingerprint density at radius 3 is 2.75 bits per heavy atom. The summed E-state index contributed by atoms with van der Waals surface area (Å²) in [6, 6.07) is 8.03. The van der Waals surface area contributed by atoms with Gasteiger partial charge in [0.2, 0.25) is 5.91 Å². The normalized spacial score (nSPS) is 20.4. The number of amides is 1. The number of para-hydroxylation sites is 2. The van der Waals surface area contributed by atoms with Crippen LogP contribution in [0, 0.1) is 11.8 Å². The molecule has 2 aromatic rings. The lowest BCUT2D eigenvalue weighted by atomic mass is 10.0. The number of carbonyl (C=O) groups is 2. The minimum atomic E-state index is -0.785. The van der Waals surface area contributed by atoms with Gasteiger partial charge in [-0.15, -0.1) is 0 Å². The summed E-state index contributed by atoms with van der Waals surface area (Å²) in [6.45, 7) is 0.594. The van der Waals surface area contributed by atoms with Crippen molar-refractivity contribution in [2.45, 2.75) is 32.1 Å². The zero-order valence-electron chi connectivity index (χ0n) is 13.9. The Labute approximate surface area is 140 Å². The van der Waals surface area contributed by atoms with Crippen LogP contribution in [0.1, 0.15) is 31.5 Å². The number of aliphatic carboxylic acids is 1. The van der Waals surface area contributed by atoms with Crippen LogP contribution in [0.3, 0.4) is 0 Å². The van der Waals surface area contributed by atoms with Crippen molar-refractivity contribution in [2.75, 3.05) is 6.54 Å². The maximum absolute atomic E-state index is 12.1. The van der Waals surface area contributed by atoms with Crippen LogP contribution < -0.4 is 5.32 Å². The van der Waals surface area contributed by atoms with Gasteiger partial charge in [0.15, 0.2) is 0 Å². The van der Waals surface area contributed by atoms with E-state index in [0.717, 1.165) is 29.7 Å². The number of nitrogens with one attached hydrogen (secondary N) is 1. The van der Waals surface area contributed by atoms with Crippen molar-refractivity contribution in [1.82, 2.24) is 14.9 Å². The van der Waals surface area contributed by atoms with E-state index in [1.165, 1.54) is 0 Å². The van der Waals surface area contributed by atoms with E-state index in [1.807, 2.05) is 31.3 Å². The lowest BCUT2D eigenvalue weighted by Gasteiger charge is -2.10. The van der Waals surface area contributed by atoms with E-state index in [-0.39, 0.29) is 17.7 Å². The summed E-state index contributed by atoms with van der Waals surface area (Å²) in [6.07, 6.45) is 3.36. The van der Waals surface area contributed by atoms with Crippen LogP contribution >= 0.6 is 0 Å². The van der Waals surface area contributed by atoms with Crippen molar-refractivity contribution in [3.05, 3.63) is 30.1 Å². The molecular weight excluding hydrogens is 306 g/mol. The first-order valence-corrected chi connectivity index (χ1v) is 8.47. The van der Waals surface area contributed by atoms with Gasteiger partial charge in [0.1, 0.15) is 5.82 Å². The van der Waals surface area contributed by atoms with Gasteiger partial charge in [0, 0.05) is 25.9 Å². The Hall–Kier alpha value is -2.37. The molecule has 3 rings (SSSR count). The van der Waals surface area contributed by atoms with Crippen molar-refractivity contribution in [3.8, 4) is 0 Å². The van der Waals surface area contributed by atoms with Gasteiger partial charge in [-0.2, -0.15) is 0 Å². The van der Waals surface area contributed by atoms with Crippen LogP contribution in [-0.2, 0) is 23.1 Å². The largest absolute Gasteiger partial charge is 0.481 e. The second-order valence-electron chi connectivity index (χ2n) is 6.52. The molecule has 24 heavy (non-hydrogen) atoms. The van der Waals surface area contributed by atoms with Gasteiger partial charge in [-0.25, -0.2) is 4.98 Å². The van der Waals surface area contributed by atoms with Gasteiger partial charge in [0.05, 0.1) is 17.0 Å². The fourth-order valence-electron chi connectivity index (χ4n) is 3.47. The molecule has 0 radical (unpaired) electrons. The minimum Gasteiger partial charge on any atom is -0.481 e. The highest BCUT2D eigenvalue weighted by Gasteiger charge is 2.33. The Bertz CT molecular complexity index is 753. The summed E-state index contributed by atoms with van der Waals surface area (Å²) in [5.41, 5.74) is 2.10. The fourth-order valence-corrected chi connectivity index (χ4v) is 3.47. The first-order valence-electron chi connectivity index (χ1n) is 8.47. The maximum Gasteiger partial charge on any atom is 0.306 e. The number of aromatic nitrogens is 2. The first kappa shape index (κ1) is 16.5. The van der Waals surface area contributed by atoms with E-state index < -0.39 is 5.97 Å². The summed E-state index contributed by atoms with van der Waals surface area (Å²) in [7, 11) is 2.01. The standard InChI is InChI=1S/C18H23N3O3/c1-21-15-6-3-2-5-14(15)20-16(21)7-4-10-19-17(22)12-8-9-13(11-12)18(23)24/h2-3,5-6,12-13H,4,7-11H2,1H3,(H,19,22)(H,23,24)/t12-,13+/m1/s1. The molecule has 1 amide bonds. The summed E-state index contributed by atoms with van der Waals surface area (Å²) < 4.78 is 2.09. The highest BCUT2D eigenvalue weighted by Crippen LogP contribution is 2.31. The summed E-state index contributed by atoms with van der Waals surface area (Å²) >= 11 is 0. The lowest BCUT2D eigenvalue weighted by Crippen LogP contribution is -2.30. The molecule has 0 aliphatic heterocycles. The molecule has 1 heterocycles. The maximum atomic E-state index is 12.1. The molecule has 0 bridgehead atoms. The molecule has 6 nitrogen and oxygen atoms in total. The number of carbonyl (C=O) groups excluding carboxylic acids is 1. The summed E-state index contributed by atoms with van der Waals surface area (Å²) in [5, 5.41) is 11.9. The number of benzene rings is 1. The molecule has 6 heteroatoms. The monoisotopic (exact) mass is 329 g/mol. The molecule has 1 aromatic heterocycles. The third-order valence-electron chi connectivity index (χ3n) is 4.91. The van der Waals surface area contributed by atoms with Gasteiger partial charge in [-0.3, -0.25) is 9.59 Å². The SMILES string of the molecule is Cn1c(CCCNC(=O)[C@@H]2CC[C@H](C(=O)O)C2)nc2ccccc21. The Morgan fingerprint density at radius 1 is 1.29 bits per heavy atom. The molecule has 0 saturated heterocycles. The zero-order valence-corrected chi connectivity index (χ0v) is 13.9. The van der Waals surface area contributed by atoms with Crippen LogP contribution in [0.2, 0.25) is 0 Å². The molecule has 1 aromatic carbocycles. The topological polar surface area (TPSA) is 84.2 Å². The second-order valence-corrected chi connectivity index (χ2v) is 6.52. The molecule has 1 fully saturated rings. The number of carboxylic acids is 1. The van der Waals surface area contributed by atoms with Crippen molar-refractivity contribution in [1.29, 1.82) is 0 Å². The van der Waals surface area contributed by atoms with E-state index >= 15 is 0 Å². The number of aryl methyl sites for hydroxylation is 2. The average Bonchev–Trinajstić information content (AvgIpc) is 3.18. The predicted molar refractivity (Wildman–Crippen MR) is 90.5 cm³/mol. The molecule has 1 aliphatic carbocycles. The average molecular weight is 329 g/mol. The van der Waals surface area contributed by atoms with Crippen LogP contribution in [0.25, 0.3) is 11.0 Å². The number of hydrogen-bond acceptors (Lipinski definition) is 3. The second kappa shape index (κ2) is 7.03. The molecule has 1 aliphatic rings. The minimum absolute atomic E-state index is 0.0104. The van der Waals surface area contributed by atoms with E-state index in [4.69, 9.17) is 5.11 Å². The third kappa shape index (κ3) is 3.42. The van der Waals surface area contributed by atoms with Gasteiger partial charge >= 0.3 is 5.97 Å². The number of hydrogen-bond donors (Lipinski definition) is 2. The summed E-state index contributed by atoms with van der Waals surface area (Å²) in [5.74, 6) is -0.296. The molecule has 2 atom stereocenters. The highest BCUT2D eigenvalue weighted by molar-refractivity contribution is 5.80. The highest BCUT2D eigenvalue weighted by atomic mass is 16.4. The van der Waals surface area contributed by atoms with E-state index in [1.54, 1.807) is 0 Å². The molecular formula is C18H23N3O3. The summed E-state index contributed by atoms with van der Waals surface area (Å²) in [4.78, 5) is 27.7. The Morgan fingerprint density at radius 2 is 2.04 bits per heavy atom. The third-order valence-corrected chi connectivity index (χ3v) is 4.91. The van der Waals surface area contributed by atoms with Crippen molar-refractivity contribution < 1.29 is 14.7 Å². The lowest BCUT2D eigenvalue weighted by molar-refractivity contribution is -0.141. The van der Waals surface area contributed by atoms with Gasteiger partial charge in [0.25, 0.3) is 0 Å². The van der Waals surface area contributed by atoms with Crippen LogP contribution in [0.4, 0.5) is 0 Å². The van der Waals surface area contributed by atoms with Crippen LogP contribution in [-0.4, -0.2) is 33.1 Å². The Balaban J connectivity index is 1.46. The number of fused-ring (bicyclic) bond motifs is 1. The van der Waals surface area contributed by atoms with Crippen molar-refractivity contribution >= 4 is 22.9 Å². The van der Waals surface area contributed by atoms with Gasteiger partial charge < -0.3 is 15.0 Å². The number of rotatable bonds is 6. The molecule has 0 spiro atoms. The quantitative estimate of drug-likeness (QED) is 0.795. The predicted octanol–water partition coefficient (Wildman–Crippen LogP) is 2.12. The van der Waals surface area contributed by atoms with Crippen molar-refractivity contribution in [3.63, 3.8) is 0 Å². The van der Waals surface area contributed by atoms with Crippen LogP contribution in [0.5, 0.6) is 0 Å². The number of nitrogens with zero attached hydrogens (tertiary/aromatic N) is 2. The zero-order chi connectivity index (χ0) is 17.1. The number of imidazole rings is 1. The fraction of sp³-hybridized carbons (Fsp3) is 0.500. The van der Waals surface area contributed by atoms with Crippen LogP contribution in [0.15, 0.2) is 24.3 Å². The smallest absolute Gasteiger partial charge is 0.306 e. The molecule has 1 saturated carbocycles. The van der Waals surface area contributed by atoms with Gasteiger partial charge in [-0.05, 0) is 37.8 Å². The van der Waals surface area contributed by atoms with E-state index in [9.17, 15) is 9.59 Å². The molecule has 128 valence electrons. The first-order chi connectivity index (χ1) is 11.6. The van der Waals surface area contributed by atoms with Gasteiger partial charge in [-0.1, -0.05) is 12.1 Å². The van der Waals surface area contributed by atoms with Crippen molar-refractivity contribution in [2.24, 2.45) is 18.9 Å².